The van der Waals surface area contributed by atoms with Crippen molar-refractivity contribution in [3.05, 3.63) is 77.4 Å². The lowest BCUT2D eigenvalue weighted by Crippen LogP contribution is -2.18. The van der Waals surface area contributed by atoms with Gasteiger partial charge in [0.05, 0.1) is 5.56 Å². The van der Waals surface area contributed by atoms with E-state index in [2.05, 4.69) is 9.97 Å². The fourth-order valence-electron chi connectivity index (χ4n) is 2.67. The Morgan fingerprint density at radius 3 is 2.67 bits per heavy atom. The van der Waals surface area contributed by atoms with Crippen molar-refractivity contribution in [2.45, 2.75) is 6.10 Å². The molecule has 0 radical (unpaired) electrons. The molecule has 134 valence electrons. The smallest absolute Gasteiger partial charge is 0.349 e. The van der Waals surface area contributed by atoms with Crippen LogP contribution in [0.1, 0.15) is 11.7 Å². The Morgan fingerprint density at radius 2 is 1.93 bits per heavy atom. The third-order valence-electron chi connectivity index (χ3n) is 3.91. The van der Waals surface area contributed by atoms with Gasteiger partial charge < -0.3 is 14.3 Å². The molecule has 0 fully saturated rings. The highest BCUT2D eigenvalue weighted by atomic mass is 35.5. The molecule has 4 rings (SSSR count). The predicted octanol–water partition coefficient (Wildman–Crippen LogP) is 4.75. The van der Waals surface area contributed by atoms with E-state index in [1.807, 2.05) is 0 Å². The van der Waals surface area contributed by atoms with Crippen molar-refractivity contribution in [3.8, 4) is 17.2 Å². The molecule has 7 heteroatoms. The van der Waals surface area contributed by atoms with Crippen LogP contribution >= 0.6 is 11.6 Å². The Bertz CT molecular complexity index is 1080. The largest absolute Gasteiger partial charge is 0.478 e. The highest BCUT2D eigenvalue weighted by Crippen LogP contribution is 2.36. The highest BCUT2D eigenvalue weighted by Gasteiger charge is 2.24. The Hall–Kier alpha value is -3.38. The number of hydrogen-bond acceptors (Lipinski definition) is 5. The van der Waals surface area contributed by atoms with E-state index in [4.69, 9.17) is 20.8 Å². The predicted molar refractivity (Wildman–Crippen MR) is 99.7 cm³/mol. The number of pyridine rings is 1. The number of benzene rings is 2. The summed E-state index contributed by atoms with van der Waals surface area (Å²) in [4.78, 5) is 20.2. The number of carbonyl (C=O) groups is 1. The molecule has 0 aliphatic heterocycles. The third-order valence-corrected chi connectivity index (χ3v) is 4.14. The van der Waals surface area contributed by atoms with E-state index < -0.39 is 12.1 Å². The molecular weight excluding hydrogens is 368 g/mol. The minimum absolute atomic E-state index is 0.249. The van der Waals surface area contributed by atoms with Crippen molar-refractivity contribution in [2.75, 3.05) is 0 Å². The van der Waals surface area contributed by atoms with E-state index in [9.17, 15) is 9.90 Å². The van der Waals surface area contributed by atoms with Crippen LogP contribution in [0.25, 0.3) is 22.7 Å². The summed E-state index contributed by atoms with van der Waals surface area (Å²) < 4.78 is 11.6. The second-order valence-corrected chi connectivity index (χ2v) is 6.17. The van der Waals surface area contributed by atoms with E-state index in [0.29, 0.717) is 33.1 Å². The van der Waals surface area contributed by atoms with Crippen molar-refractivity contribution in [3.63, 3.8) is 0 Å². The molecule has 0 saturated heterocycles. The maximum Gasteiger partial charge on any atom is 0.349 e. The Morgan fingerprint density at radius 1 is 1.11 bits per heavy atom. The number of rotatable bonds is 5. The van der Waals surface area contributed by atoms with Crippen molar-refractivity contribution in [1.29, 1.82) is 0 Å². The summed E-state index contributed by atoms with van der Waals surface area (Å²) >= 11 is 6.12. The number of oxazole rings is 1. The van der Waals surface area contributed by atoms with E-state index in [0.717, 1.165) is 0 Å². The average Bonchev–Trinajstić information content (AvgIpc) is 3.11. The van der Waals surface area contributed by atoms with E-state index in [-0.39, 0.29) is 5.89 Å². The minimum atomic E-state index is -1.19. The molecule has 0 bridgehead atoms. The van der Waals surface area contributed by atoms with Crippen molar-refractivity contribution >= 4 is 28.8 Å². The Kier molecular flexibility index (Phi) is 4.48. The number of ether oxygens (including phenoxy) is 1. The second kappa shape index (κ2) is 7.09. The highest BCUT2D eigenvalue weighted by molar-refractivity contribution is 6.30. The molecule has 2 aromatic carbocycles. The zero-order chi connectivity index (χ0) is 18.8. The lowest BCUT2D eigenvalue weighted by Gasteiger charge is -2.17. The summed E-state index contributed by atoms with van der Waals surface area (Å²) in [6, 6.07) is 17.0. The zero-order valence-electron chi connectivity index (χ0n) is 13.9. The summed E-state index contributed by atoms with van der Waals surface area (Å²) in [5.41, 5.74) is 1.92. The number of aromatic nitrogens is 2. The SMILES string of the molecule is O=C(O)C(Oc1ccc(Cl)cc1-c1nc2ncccc2o1)c1ccccc1. The van der Waals surface area contributed by atoms with E-state index >= 15 is 0 Å². The summed E-state index contributed by atoms with van der Waals surface area (Å²) in [6.07, 6.45) is 0.425. The summed E-state index contributed by atoms with van der Waals surface area (Å²) in [7, 11) is 0. The van der Waals surface area contributed by atoms with Crippen LogP contribution in [-0.4, -0.2) is 21.0 Å². The summed E-state index contributed by atoms with van der Waals surface area (Å²) in [6.45, 7) is 0. The standard InChI is InChI=1S/C20H13ClN2O4/c21-13-8-9-15(26-17(20(24)25)12-5-2-1-3-6-12)14(11-13)19-23-18-16(27-19)7-4-10-22-18/h1-11,17H,(H,24,25). The molecule has 0 saturated carbocycles. The lowest BCUT2D eigenvalue weighted by atomic mass is 10.1. The molecule has 2 heterocycles. The van der Waals surface area contributed by atoms with Crippen LogP contribution in [0.3, 0.4) is 0 Å². The molecular formula is C20H13ClN2O4. The lowest BCUT2D eigenvalue weighted by molar-refractivity contribution is -0.145. The van der Waals surface area contributed by atoms with Gasteiger partial charge in [-0.05, 0) is 30.3 Å². The number of nitrogens with zero attached hydrogens (tertiary/aromatic N) is 2. The van der Waals surface area contributed by atoms with Gasteiger partial charge in [0.15, 0.2) is 11.2 Å². The van der Waals surface area contributed by atoms with Gasteiger partial charge in [-0.15, -0.1) is 0 Å². The van der Waals surface area contributed by atoms with Crippen LogP contribution in [0, 0.1) is 0 Å². The normalized spacial score (nSPS) is 12.0. The van der Waals surface area contributed by atoms with Crippen LogP contribution in [-0.2, 0) is 4.79 Å². The maximum absolute atomic E-state index is 11.8. The minimum Gasteiger partial charge on any atom is -0.478 e. The van der Waals surface area contributed by atoms with E-state index in [1.165, 1.54) is 0 Å². The fourth-order valence-corrected chi connectivity index (χ4v) is 2.84. The van der Waals surface area contributed by atoms with Crippen LogP contribution in [0.4, 0.5) is 0 Å². The van der Waals surface area contributed by atoms with Gasteiger partial charge in [0, 0.05) is 16.8 Å². The molecule has 4 aromatic rings. The van der Waals surface area contributed by atoms with Gasteiger partial charge in [-0.2, -0.15) is 4.98 Å². The number of carboxylic acids is 1. The van der Waals surface area contributed by atoms with Crippen molar-refractivity contribution in [2.24, 2.45) is 0 Å². The number of hydrogen-bond donors (Lipinski definition) is 1. The maximum atomic E-state index is 11.8. The van der Waals surface area contributed by atoms with Gasteiger partial charge in [-0.3, -0.25) is 0 Å². The monoisotopic (exact) mass is 380 g/mol. The quantitative estimate of drug-likeness (QED) is 0.537. The summed E-state index contributed by atoms with van der Waals surface area (Å²) in [5, 5.41) is 10.1. The summed E-state index contributed by atoms with van der Waals surface area (Å²) in [5.74, 6) is -0.568. The topological polar surface area (TPSA) is 85.5 Å². The average molecular weight is 381 g/mol. The molecule has 6 nitrogen and oxygen atoms in total. The van der Waals surface area contributed by atoms with Gasteiger partial charge in [0.25, 0.3) is 0 Å². The molecule has 1 N–H and O–H groups in total. The molecule has 0 amide bonds. The number of aliphatic carboxylic acids is 1. The molecule has 0 aliphatic rings. The Labute approximate surface area is 159 Å². The molecule has 0 spiro atoms. The first-order valence-corrected chi connectivity index (χ1v) is 8.45. The van der Waals surface area contributed by atoms with Crippen LogP contribution in [0.2, 0.25) is 5.02 Å². The first-order chi connectivity index (χ1) is 13.1. The first-order valence-electron chi connectivity index (χ1n) is 8.08. The van der Waals surface area contributed by atoms with Gasteiger partial charge in [0.2, 0.25) is 12.0 Å². The zero-order valence-corrected chi connectivity index (χ0v) is 14.6. The van der Waals surface area contributed by atoms with Crippen LogP contribution in [0.5, 0.6) is 5.75 Å². The molecule has 27 heavy (non-hydrogen) atoms. The van der Waals surface area contributed by atoms with Crippen molar-refractivity contribution in [1.82, 2.24) is 9.97 Å². The molecule has 1 unspecified atom stereocenters. The van der Waals surface area contributed by atoms with Gasteiger partial charge in [-0.25, -0.2) is 9.78 Å². The van der Waals surface area contributed by atoms with Gasteiger partial charge in [-0.1, -0.05) is 41.9 Å². The number of carboxylic acid groups (broad SMARTS) is 1. The third kappa shape index (κ3) is 3.47. The van der Waals surface area contributed by atoms with Gasteiger partial charge >= 0.3 is 5.97 Å². The second-order valence-electron chi connectivity index (χ2n) is 5.73. The molecule has 1 atom stereocenters. The number of fused-ring (bicyclic) bond motifs is 1. The van der Waals surface area contributed by atoms with Gasteiger partial charge in [0.1, 0.15) is 5.75 Å². The van der Waals surface area contributed by atoms with Crippen molar-refractivity contribution < 1.29 is 19.1 Å². The number of halogens is 1. The molecule has 0 aliphatic carbocycles. The Balaban J connectivity index is 1.78. The van der Waals surface area contributed by atoms with Crippen LogP contribution in [0.15, 0.2) is 71.3 Å². The molecule has 2 aromatic heterocycles. The first kappa shape index (κ1) is 17.1. The van der Waals surface area contributed by atoms with Crippen LogP contribution < -0.4 is 4.74 Å². The van der Waals surface area contributed by atoms with E-state index in [1.54, 1.807) is 66.9 Å². The fraction of sp³-hybridized carbons (Fsp3) is 0.0500.